The van der Waals surface area contributed by atoms with E-state index >= 15 is 0 Å². The molecule has 1 unspecified atom stereocenters. The van der Waals surface area contributed by atoms with Crippen molar-refractivity contribution in [3.8, 4) is 5.75 Å². The molecule has 1 aliphatic carbocycles. The summed E-state index contributed by atoms with van der Waals surface area (Å²) in [6, 6.07) is 7.93. The van der Waals surface area contributed by atoms with Crippen molar-refractivity contribution < 1.29 is 14.3 Å². The van der Waals surface area contributed by atoms with Crippen molar-refractivity contribution in [3.05, 3.63) is 47.3 Å². The zero-order valence-electron chi connectivity index (χ0n) is 18.2. The second kappa shape index (κ2) is 9.18. The summed E-state index contributed by atoms with van der Waals surface area (Å²) in [6.45, 7) is 5.85. The Bertz CT molecular complexity index is 877. The normalized spacial score (nSPS) is 20.4. The van der Waals surface area contributed by atoms with E-state index in [4.69, 9.17) is 9.47 Å². The zero-order valence-corrected chi connectivity index (χ0v) is 18.2. The lowest BCUT2D eigenvalue weighted by atomic mass is 10.2. The van der Waals surface area contributed by atoms with Crippen LogP contribution in [0.4, 0.5) is 0 Å². The van der Waals surface area contributed by atoms with E-state index in [1.165, 1.54) is 12.8 Å². The van der Waals surface area contributed by atoms with Crippen molar-refractivity contribution >= 4 is 5.91 Å². The molecule has 2 aromatic rings. The van der Waals surface area contributed by atoms with E-state index in [0.29, 0.717) is 32.1 Å². The standard InChI is InChI=1S/C23H32N4O3/c1-17-20(11-25(2)24-17)12-26-13-22(30-16-18-7-8-18)14-27(23(28)15-26)10-19-5-4-6-21(9-19)29-3/h4-6,9,11,18,22H,7-8,10,12-16H2,1-3H3. The summed E-state index contributed by atoms with van der Waals surface area (Å²) in [5.74, 6) is 1.65. The molecule has 7 heteroatoms. The molecule has 1 saturated carbocycles. The molecule has 1 atom stereocenters. The molecule has 0 bridgehead atoms. The Kier molecular flexibility index (Phi) is 6.39. The number of ether oxygens (including phenoxy) is 2. The first kappa shape index (κ1) is 20.9. The number of benzene rings is 1. The van der Waals surface area contributed by atoms with Crippen LogP contribution in [0, 0.1) is 12.8 Å². The number of rotatable bonds is 8. The van der Waals surface area contributed by atoms with Gasteiger partial charge in [-0.15, -0.1) is 0 Å². The molecule has 1 saturated heterocycles. The van der Waals surface area contributed by atoms with Crippen LogP contribution in [0.3, 0.4) is 0 Å². The predicted octanol–water partition coefficient (Wildman–Crippen LogP) is 2.38. The molecular formula is C23H32N4O3. The molecule has 1 aromatic carbocycles. The molecule has 2 fully saturated rings. The molecule has 0 spiro atoms. The fourth-order valence-electron chi connectivity index (χ4n) is 4.02. The van der Waals surface area contributed by atoms with E-state index in [9.17, 15) is 4.79 Å². The van der Waals surface area contributed by atoms with Gasteiger partial charge in [-0.3, -0.25) is 14.4 Å². The van der Waals surface area contributed by atoms with Crippen LogP contribution in [0.15, 0.2) is 30.5 Å². The lowest BCUT2D eigenvalue weighted by molar-refractivity contribution is -0.132. The quantitative estimate of drug-likeness (QED) is 0.666. The van der Waals surface area contributed by atoms with Crippen molar-refractivity contribution in [2.45, 2.75) is 39.0 Å². The highest BCUT2D eigenvalue weighted by Gasteiger charge is 2.31. The minimum Gasteiger partial charge on any atom is -0.497 e. The summed E-state index contributed by atoms with van der Waals surface area (Å²) in [5, 5.41) is 4.44. The fraction of sp³-hybridized carbons (Fsp3) is 0.565. The van der Waals surface area contributed by atoms with Gasteiger partial charge in [0.25, 0.3) is 0 Å². The van der Waals surface area contributed by atoms with Gasteiger partial charge in [-0.05, 0) is 43.4 Å². The summed E-state index contributed by atoms with van der Waals surface area (Å²) in [5.41, 5.74) is 3.24. The van der Waals surface area contributed by atoms with Crippen molar-refractivity contribution in [1.82, 2.24) is 19.6 Å². The molecule has 2 aliphatic rings. The predicted molar refractivity (Wildman–Crippen MR) is 114 cm³/mol. The van der Waals surface area contributed by atoms with Gasteiger partial charge >= 0.3 is 0 Å². The summed E-state index contributed by atoms with van der Waals surface area (Å²) in [4.78, 5) is 17.3. The molecule has 1 amide bonds. The number of carbonyl (C=O) groups excluding carboxylic acids is 1. The Morgan fingerprint density at radius 1 is 1.20 bits per heavy atom. The van der Waals surface area contributed by atoms with Gasteiger partial charge in [0.1, 0.15) is 5.75 Å². The van der Waals surface area contributed by atoms with Gasteiger partial charge < -0.3 is 14.4 Å². The Balaban J connectivity index is 1.48. The number of methoxy groups -OCH3 is 1. The highest BCUT2D eigenvalue weighted by Crippen LogP contribution is 2.29. The van der Waals surface area contributed by atoms with E-state index in [1.54, 1.807) is 7.11 Å². The van der Waals surface area contributed by atoms with Crippen molar-refractivity contribution in [2.24, 2.45) is 13.0 Å². The Labute approximate surface area is 178 Å². The largest absolute Gasteiger partial charge is 0.497 e. The molecule has 1 aliphatic heterocycles. The van der Waals surface area contributed by atoms with Crippen LogP contribution in [0.1, 0.15) is 29.7 Å². The average Bonchev–Trinajstić information content (AvgIpc) is 3.50. The summed E-state index contributed by atoms with van der Waals surface area (Å²) >= 11 is 0. The van der Waals surface area contributed by atoms with Gasteiger partial charge in [-0.25, -0.2) is 0 Å². The number of amides is 1. The molecule has 0 N–H and O–H groups in total. The second-order valence-electron chi connectivity index (χ2n) is 8.61. The summed E-state index contributed by atoms with van der Waals surface area (Å²) < 4.78 is 13.4. The number of aromatic nitrogens is 2. The third-order valence-electron chi connectivity index (χ3n) is 5.88. The minimum absolute atomic E-state index is 0.0136. The van der Waals surface area contributed by atoms with Crippen LogP contribution in [0.5, 0.6) is 5.75 Å². The lowest BCUT2D eigenvalue weighted by Gasteiger charge is -2.25. The van der Waals surface area contributed by atoms with Gasteiger partial charge in [0.2, 0.25) is 5.91 Å². The van der Waals surface area contributed by atoms with Crippen LogP contribution in [-0.4, -0.2) is 64.9 Å². The van der Waals surface area contributed by atoms with Gasteiger partial charge in [-0.2, -0.15) is 5.10 Å². The molecule has 1 aromatic heterocycles. The minimum atomic E-state index is 0.0136. The molecule has 162 valence electrons. The maximum Gasteiger partial charge on any atom is 0.237 e. The molecule has 7 nitrogen and oxygen atoms in total. The van der Waals surface area contributed by atoms with Gasteiger partial charge in [0.15, 0.2) is 0 Å². The lowest BCUT2D eigenvalue weighted by Crippen LogP contribution is -2.37. The van der Waals surface area contributed by atoms with Crippen LogP contribution in [-0.2, 0) is 29.7 Å². The van der Waals surface area contributed by atoms with Crippen LogP contribution < -0.4 is 4.74 Å². The first-order valence-corrected chi connectivity index (χ1v) is 10.7. The Morgan fingerprint density at radius 2 is 2.03 bits per heavy atom. The highest BCUT2D eigenvalue weighted by molar-refractivity contribution is 5.78. The fourth-order valence-corrected chi connectivity index (χ4v) is 4.02. The van der Waals surface area contributed by atoms with E-state index in [-0.39, 0.29) is 12.0 Å². The number of hydrogen-bond donors (Lipinski definition) is 0. The van der Waals surface area contributed by atoms with E-state index in [1.807, 2.05) is 54.0 Å². The zero-order chi connectivity index (χ0) is 21.1. The molecule has 0 radical (unpaired) electrons. The highest BCUT2D eigenvalue weighted by atomic mass is 16.5. The average molecular weight is 413 g/mol. The van der Waals surface area contributed by atoms with E-state index in [2.05, 4.69) is 10.00 Å². The summed E-state index contributed by atoms with van der Waals surface area (Å²) in [7, 11) is 3.59. The third kappa shape index (κ3) is 5.40. The van der Waals surface area contributed by atoms with E-state index < -0.39 is 0 Å². The van der Waals surface area contributed by atoms with Gasteiger partial charge in [0.05, 0.1) is 25.5 Å². The first-order valence-electron chi connectivity index (χ1n) is 10.7. The van der Waals surface area contributed by atoms with Crippen molar-refractivity contribution in [2.75, 3.05) is 33.4 Å². The summed E-state index contributed by atoms with van der Waals surface area (Å²) in [6.07, 6.45) is 4.58. The third-order valence-corrected chi connectivity index (χ3v) is 5.88. The van der Waals surface area contributed by atoms with Crippen LogP contribution in [0.2, 0.25) is 0 Å². The number of hydrogen-bond acceptors (Lipinski definition) is 5. The Morgan fingerprint density at radius 3 is 2.73 bits per heavy atom. The molecular weight excluding hydrogens is 380 g/mol. The molecule has 30 heavy (non-hydrogen) atoms. The topological polar surface area (TPSA) is 59.8 Å². The van der Waals surface area contributed by atoms with Crippen molar-refractivity contribution in [3.63, 3.8) is 0 Å². The SMILES string of the molecule is COc1cccc(CN2CC(OCC3CC3)CN(Cc3cn(C)nc3C)CC2=O)c1. The Hall–Kier alpha value is -2.38. The molecule has 2 heterocycles. The number of nitrogens with zero attached hydrogens (tertiary/aromatic N) is 4. The maximum atomic E-state index is 13.1. The van der Waals surface area contributed by atoms with Crippen LogP contribution >= 0.6 is 0 Å². The number of aryl methyl sites for hydroxylation is 2. The van der Waals surface area contributed by atoms with Gasteiger partial charge in [0, 0.05) is 51.6 Å². The number of carbonyl (C=O) groups is 1. The monoisotopic (exact) mass is 412 g/mol. The van der Waals surface area contributed by atoms with Crippen LogP contribution in [0.25, 0.3) is 0 Å². The first-order chi connectivity index (χ1) is 14.5. The van der Waals surface area contributed by atoms with E-state index in [0.717, 1.165) is 35.7 Å². The maximum absolute atomic E-state index is 13.1. The van der Waals surface area contributed by atoms with Crippen molar-refractivity contribution in [1.29, 1.82) is 0 Å². The van der Waals surface area contributed by atoms with Gasteiger partial charge in [-0.1, -0.05) is 12.1 Å². The smallest absolute Gasteiger partial charge is 0.237 e. The second-order valence-corrected chi connectivity index (χ2v) is 8.61. The molecule has 4 rings (SSSR count).